The number of rotatable bonds is 4. The van der Waals surface area contributed by atoms with Gasteiger partial charge in [-0.25, -0.2) is 4.39 Å². The smallest absolute Gasteiger partial charge is 0.324 e. The van der Waals surface area contributed by atoms with Gasteiger partial charge in [-0.2, -0.15) is 0 Å². The Labute approximate surface area is 119 Å². The molecule has 0 aromatic heterocycles. The molecule has 1 heterocycles. The molecule has 4 heteroatoms. The van der Waals surface area contributed by atoms with Gasteiger partial charge in [0.25, 0.3) is 0 Å². The van der Waals surface area contributed by atoms with Gasteiger partial charge in [0.2, 0.25) is 0 Å². The quantitative estimate of drug-likeness (QED) is 0.921. The standard InChI is InChI=1S/C16H22FNO2/c1-12-10-13(6-7-14(12)17)11-16(2,15(19)20)18-8-4-3-5-9-18/h6-7,10H,3-5,8-9,11H2,1-2H3,(H,19,20). The first-order valence-electron chi connectivity index (χ1n) is 7.17. The molecule has 2 rings (SSSR count). The van der Waals surface area contributed by atoms with E-state index in [4.69, 9.17) is 0 Å². The minimum Gasteiger partial charge on any atom is -0.480 e. The van der Waals surface area contributed by atoms with Crippen LogP contribution in [0.4, 0.5) is 4.39 Å². The van der Waals surface area contributed by atoms with Crippen LogP contribution in [-0.2, 0) is 11.2 Å². The van der Waals surface area contributed by atoms with Crippen molar-refractivity contribution in [3.63, 3.8) is 0 Å². The molecular weight excluding hydrogens is 257 g/mol. The maximum atomic E-state index is 13.3. The third-order valence-corrected chi connectivity index (χ3v) is 4.29. The summed E-state index contributed by atoms with van der Waals surface area (Å²) < 4.78 is 13.3. The second-order valence-corrected chi connectivity index (χ2v) is 5.89. The van der Waals surface area contributed by atoms with Crippen LogP contribution >= 0.6 is 0 Å². The molecule has 1 aliphatic heterocycles. The van der Waals surface area contributed by atoms with Gasteiger partial charge >= 0.3 is 5.97 Å². The van der Waals surface area contributed by atoms with E-state index in [1.807, 2.05) is 0 Å². The van der Waals surface area contributed by atoms with E-state index >= 15 is 0 Å². The van der Waals surface area contributed by atoms with E-state index in [1.165, 1.54) is 12.5 Å². The molecule has 1 saturated heterocycles. The molecule has 0 radical (unpaired) electrons. The summed E-state index contributed by atoms with van der Waals surface area (Å²) in [5.74, 6) is -1.05. The fraction of sp³-hybridized carbons (Fsp3) is 0.562. The molecule has 0 spiro atoms. The molecular formula is C16H22FNO2. The predicted octanol–water partition coefficient (Wildman–Crippen LogP) is 3.01. The molecule has 0 bridgehead atoms. The Bertz CT molecular complexity index is 497. The minimum absolute atomic E-state index is 0.247. The number of carbonyl (C=O) groups is 1. The van der Waals surface area contributed by atoms with Crippen molar-refractivity contribution in [2.24, 2.45) is 0 Å². The van der Waals surface area contributed by atoms with Gasteiger partial charge in [-0.05, 0) is 57.0 Å². The van der Waals surface area contributed by atoms with Crippen molar-refractivity contribution in [2.75, 3.05) is 13.1 Å². The Balaban J connectivity index is 2.23. The van der Waals surface area contributed by atoms with Crippen LogP contribution in [0.25, 0.3) is 0 Å². The SMILES string of the molecule is Cc1cc(CC(C)(C(=O)O)N2CCCCC2)ccc1F. The highest BCUT2D eigenvalue weighted by molar-refractivity contribution is 5.78. The van der Waals surface area contributed by atoms with Crippen molar-refractivity contribution in [1.82, 2.24) is 4.90 Å². The van der Waals surface area contributed by atoms with Gasteiger partial charge < -0.3 is 5.11 Å². The summed E-state index contributed by atoms with van der Waals surface area (Å²) in [4.78, 5) is 13.8. The Morgan fingerprint density at radius 2 is 2.00 bits per heavy atom. The zero-order valence-electron chi connectivity index (χ0n) is 12.2. The second kappa shape index (κ2) is 5.92. The normalized spacial score (nSPS) is 19.6. The largest absolute Gasteiger partial charge is 0.480 e. The highest BCUT2D eigenvalue weighted by Crippen LogP contribution is 2.26. The van der Waals surface area contributed by atoms with Crippen LogP contribution in [0.15, 0.2) is 18.2 Å². The molecule has 1 fully saturated rings. The van der Waals surface area contributed by atoms with E-state index in [1.54, 1.807) is 26.0 Å². The first kappa shape index (κ1) is 15.0. The van der Waals surface area contributed by atoms with E-state index in [9.17, 15) is 14.3 Å². The Morgan fingerprint density at radius 3 is 2.55 bits per heavy atom. The zero-order valence-corrected chi connectivity index (χ0v) is 12.2. The summed E-state index contributed by atoms with van der Waals surface area (Å²) in [5, 5.41) is 9.65. The molecule has 1 atom stereocenters. The van der Waals surface area contributed by atoms with E-state index in [-0.39, 0.29) is 5.82 Å². The van der Waals surface area contributed by atoms with Crippen LogP contribution in [0, 0.1) is 12.7 Å². The van der Waals surface area contributed by atoms with Crippen molar-refractivity contribution in [2.45, 2.75) is 45.1 Å². The van der Waals surface area contributed by atoms with Gasteiger partial charge in [0.1, 0.15) is 11.4 Å². The number of halogens is 1. The van der Waals surface area contributed by atoms with E-state index < -0.39 is 11.5 Å². The number of nitrogens with zero attached hydrogens (tertiary/aromatic N) is 1. The lowest BCUT2D eigenvalue weighted by molar-refractivity contribution is -0.151. The van der Waals surface area contributed by atoms with Crippen LogP contribution in [0.2, 0.25) is 0 Å². The van der Waals surface area contributed by atoms with Gasteiger partial charge in [0, 0.05) is 6.42 Å². The first-order chi connectivity index (χ1) is 9.43. The van der Waals surface area contributed by atoms with Crippen molar-refractivity contribution < 1.29 is 14.3 Å². The maximum absolute atomic E-state index is 13.3. The summed E-state index contributed by atoms with van der Waals surface area (Å²) in [5.41, 5.74) is 0.526. The lowest BCUT2D eigenvalue weighted by Crippen LogP contribution is -2.55. The number of carboxylic acids is 1. The second-order valence-electron chi connectivity index (χ2n) is 5.89. The highest BCUT2D eigenvalue weighted by Gasteiger charge is 2.40. The van der Waals surface area contributed by atoms with Crippen LogP contribution in [0.1, 0.15) is 37.3 Å². The van der Waals surface area contributed by atoms with Crippen LogP contribution in [0.3, 0.4) is 0 Å². The zero-order chi connectivity index (χ0) is 14.8. The number of aliphatic carboxylic acids is 1. The summed E-state index contributed by atoms with van der Waals surface area (Å²) in [6.45, 7) is 5.13. The van der Waals surface area contributed by atoms with Gasteiger partial charge in [-0.3, -0.25) is 9.69 Å². The third-order valence-electron chi connectivity index (χ3n) is 4.29. The number of likely N-dealkylation sites (tertiary alicyclic amines) is 1. The molecule has 1 N–H and O–H groups in total. The summed E-state index contributed by atoms with van der Waals surface area (Å²) in [6.07, 6.45) is 3.67. The molecule has 1 aromatic rings. The number of piperidine rings is 1. The molecule has 20 heavy (non-hydrogen) atoms. The third kappa shape index (κ3) is 3.01. The number of aryl methyl sites for hydroxylation is 1. The fourth-order valence-corrected chi connectivity index (χ4v) is 2.92. The Kier molecular flexibility index (Phi) is 4.43. The van der Waals surface area contributed by atoms with Crippen molar-refractivity contribution in [1.29, 1.82) is 0 Å². The monoisotopic (exact) mass is 279 g/mol. The minimum atomic E-state index is -0.912. The van der Waals surface area contributed by atoms with Crippen molar-refractivity contribution in [3.05, 3.63) is 35.1 Å². The molecule has 1 aromatic carbocycles. The molecule has 1 aliphatic rings. The van der Waals surface area contributed by atoms with Crippen molar-refractivity contribution >= 4 is 5.97 Å². The van der Waals surface area contributed by atoms with Gasteiger partial charge in [-0.1, -0.05) is 18.6 Å². The van der Waals surface area contributed by atoms with Crippen LogP contribution in [-0.4, -0.2) is 34.6 Å². The number of benzene rings is 1. The van der Waals surface area contributed by atoms with E-state index in [0.29, 0.717) is 12.0 Å². The number of hydrogen-bond donors (Lipinski definition) is 1. The average Bonchev–Trinajstić information content (AvgIpc) is 2.43. The van der Waals surface area contributed by atoms with Crippen molar-refractivity contribution in [3.8, 4) is 0 Å². The van der Waals surface area contributed by atoms with Crippen LogP contribution < -0.4 is 0 Å². The number of carboxylic acid groups (broad SMARTS) is 1. The molecule has 0 amide bonds. The van der Waals surface area contributed by atoms with E-state index in [0.717, 1.165) is 31.5 Å². The fourth-order valence-electron chi connectivity index (χ4n) is 2.92. The summed E-state index contributed by atoms with van der Waals surface area (Å²) in [6, 6.07) is 4.86. The lowest BCUT2D eigenvalue weighted by atomic mass is 9.88. The van der Waals surface area contributed by atoms with Crippen LogP contribution in [0.5, 0.6) is 0 Å². The average molecular weight is 279 g/mol. The van der Waals surface area contributed by atoms with Gasteiger partial charge in [0.05, 0.1) is 0 Å². The molecule has 0 saturated carbocycles. The Hall–Kier alpha value is -1.42. The molecule has 3 nitrogen and oxygen atoms in total. The summed E-state index contributed by atoms with van der Waals surface area (Å²) >= 11 is 0. The van der Waals surface area contributed by atoms with Gasteiger partial charge in [0.15, 0.2) is 0 Å². The molecule has 1 unspecified atom stereocenters. The Morgan fingerprint density at radius 1 is 1.35 bits per heavy atom. The van der Waals surface area contributed by atoms with E-state index in [2.05, 4.69) is 4.90 Å². The highest BCUT2D eigenvalue weighted by atomic mass is 19.1. The topological polar surface area (TPSA) is 40.5 Å². The lowest BCUT2D eigenvalue weighted by Gasteiger charge is -2.40. The maximum Gasteiger partial charge on any atom is 0.324 e. The number of hydrogen-bond acceptors (Lipinski definition) is 2. The molecule has 110 valence electrons. The van der Waals surface area contributed by atoms with Gasteiger partial charge in [-0.15, -0.1) is 0 Å². The first-order valence-corrected chi connectivity index (χ1v) is 7.17. The summed E-state index contributed by atoms with van der Waals surface area (Å²) in [7, 11) is 0. The molecule has 0 aliphatic carbocycles. The predicted molar refractivity (Wildman–Crippen MR) is 76.3 cm³/mol.